The van der Waals surface area contributed by atoms with Gasteiger partial charge in [0.05, 0.1) is 18.2 Å². The third kappa shape index (κ3) is 2.78. The minimum atomic E-state index is -0.492. The van der Waals surface area contributed by atoms with Gasteiger partial charge in [-0.15, -0.1) is 0 Å². The molecule has 35 heavy (non-hydrogen) atoms. The van der Waals surface area contributed by atoms with Crippen LogP contribution in [0.2, 0.25) is 0 Å². The predicted molar refractivity (Wildman–Crippen MR) is 136 cm³/mol. The quantitative estimate of drug-likeness (QED) is 0.565. The first-order chi connectivity index (χ1) is 16.2. The van der Waals surface area contributed by atoms with Crippen molar-refractivity contribution < 1.29 is 14.4 Å². The third-order valence-corrected chi connectivity index (χ3v) is 12.6. The molecule has 0 bridgehead atoms. The molecule has 1 aromatic rings. The van der Waals surface area contributed by atoms with Crippen LogP contribution in [-0.2, 0) is 16.6 Å². The fourth-order valence-electron chi connectivity index (χ4n) is 10.3. The van der Waals surface area contributed by atoms with Crippen LogP contribution in [0.1, 0.15) is 97.8 Å². The lowest BCUT2D eigenvalue weighted by atomic mass is 9.34. The molecule has 8 atom stereocenters. The molecule has 5 aliphatic rings. The van der Waals surface area contributed by atoms with Gasteiger partial charge in [0, 0.05) is 17.0 Å². The van der Waals surface area contributed by atoms with Crippen molar-refractivity contribution in [2.75, 3.05) is 6.61 Å². The number of aliphatic hydroxyl groups is 1. The first-order valence-electron chi connectivity index (χ1n) is 13.8. The number of allylic oxidation sites excluding steroid dienone is 2. The van der Waals surface area contributed by atoms with Gasteiger partial charge in [-0.1, -0.05) is 45.3 Å². The number of hydrogen-bond donors (Lipinski definition) is 2. The van der Waals surface area contributed by atoms with Crippen LogP contribution < -0.4 is 5.73 Å². The van der Waals surface area contributed by atoms with Crippen molar-refractivity contribution in [3.63, 3.8) is 0 Å². The van der Waals surface area contributed by atoms with E-state index in [4.69, 9.17) is 10.3 Å². The summed E-state index contributed by atoms with van der Waals surface area (Å²) in [4.78, 5) is 14.3. The maximum atomic E-state index is 14.3. The molecule has 1 aromatic heterocycles. The summed E-state index contributed by atoms with van der Waals surface area (Å²) < 4.78 is 5.72. The van der Waals surface area contributed by atoms with Gasteiger partial charge in [-0.2, -0.15) is 0 Å². The Bertz CT molecular complexity index is 1120. The van der Waals surface area contributed by atoms with Crippen molar-refractivity contribution in [2.24, 2.45) is 45.1 Å². The van der Waals surface area contributed by atoms with Gasteiger partial charge < -0.3 is 15.4 Å². The average molecular weight is 481 g/mol. The molecule has 5 nitrogen and oxygen atoms in total. The van der Waals surface area contributed by atoms with Crippen LogP contribution in [-0.4, -0.2) is 28.2 Å². The smallest absolute Gasteiger partial charge is 0.159 e. The molecule has 5 heteroatoms. The highest BCUT2D eigenvalue weighted by Crippen LogP contribution is 2.73. The summed E-state index contributed by atoms with van der Waals surface area (Å²) in [7, 11) is 0. The number of carbonyl (C=O) groups is 1. The number of carbonyl (C=O) groups excluding carboxylic acids is 1. The van der Waals surface area contributed by atoms with E-state index >= 15 is 0 Å². The van der Waals surface area contributed by atoms with E-state index in [0.29, 0.717) is 5.78 Å². The molecule has 1 unspecified atom stereocenters. The van der Waals surface area contributed by atoms with E-state index in [1.165, 1.54) is 5.57 Å². The second-order valence-electron chi connectivity index (χ2n) is 14.8. The number of hydrogen-bond acceptors (Lipinski definition) is 5. The van der Waals surface area contributed by atoms with Gasteiger partial charge >= 0.3 is 0 Å². The van der Waals surface area contributed by atoms with E-state index in [-0.39, 0.29) is 51.6 Å². The largest absolute Gasteiger partial charge is 0.395 e. The van der Waals surface area contributed by atoms with Crippen molar-refractivity contribution in [1.29, 1.82) is 0 Å². The molecule has 3 saturated carbocycles. The second kappa shape index (κ2) is 6.89. The van der Waals surface area contributed by atoms with Crippen LogP contribution in [0.4, 0.5) is 0 Å². The Morgan fingerprint density at radius 1 is 1.09 bits per heavy atom. The Morgan fingerprint density at radius 2 is 1.80 bits per heavy atom. The Hall–Kier alpha value is -1.46. The monoisotopic (exact) mass is 480 g/mol. The van der Waals surface area contributed by atoms with Crippen LogP contribution in [0.15, 0.2) is 22.4 Å². The first-order valence-corrected chi connectivity index (χ1v) is 13.8. The Balaban J connectivity index is 1.50. The molecule has 5 aliphatic carbocycles. The zero-order chi connectivity index (χ0) is 25.2. The van der Waals surface area contributed by atoms with E-state index in [0.717, 1.165) is 62.7 Å². The number of ketones is 1. The minimum Gasteiger partial charge on any atom is -0.395 e. The Labute approximate surface area is 210 Å². The molecule has 0 aliphatic heterocycles. The van der Waals surface area contributed by atoms with Crippen LogP contribution in [0, 0.1) is 39.4 Å². The van der Waals surface area contributed by atoms with E-state index in [1.54, 1.807) is 0 Å². The zero-order valence-corrected chi connectivity index (χ0v) is 22.5. The van der Waals surface area contributed by atoms with Crippen LogP contribution in [0.3, 0.4) is 0 Å². The number of aliphatic hydroxyl groups excluding tert-OH is 1. The summed E-state index contributed by atoms with van der Waals surface area (Å²) in [6.07, 6.45) is 12.0. The molecule has 0 spiro atoms. The maximum Gasteiger partial charge on any atom is 0.159 e. The zero-order valence-electron chi connectivity index (χ0n) is 22.5. The van der Waals surface area contributed by atoms with E-state index in [1.807, 2.05) is 6.20 Å². The lowest BCUT2D eigenvalue weighted by Crippen LogP contribution is -2.68. The van der Waals surface area contributed by atoms with E-state index in [2.05, 4.69) is 52.8 Å². The van der Waals surface area contributed by atoms with Crippen molar-refractivity contribution in [2.45, 2.75) is 104 Å². The van der Waals surface area contributed by atoms with Crippen molar-refractivity contribution >= 4 is 5.78 Å². The molecule has 192 valence electrons. The fourth-order valence-corrected chi connectivity index (χ4v) is 10.3. The molecule has 3 N–H and O–H groups in total. The molecular formula is C30H44N2O3. The number of nitrogens with zero attached hydrogens (tertiary/aromatic N) is 1. The van der Waals surface area contributed by atoms with Gasteiger partial charge in [-0.05, 0) is 97.9 Å². The van der Waals surface area contributed by atoms with Crippen molar-refractivity contribution in [3.05, 3.63) is 29.2 Å². The summed E-state index contributed by atoms with van der Waals surface area (Å²) >= 11 is 0. The number of aromatic nitrogens is 1. The van der Waals surface area contributed by atoms with Crippen LogP contribution in [0.25, 0.3) is 0 Å². The molecule has 3 fully saturated rings. The SMILES string of the molecule is CC1(C)CC[C@]2(N)CC[C@]3(C)[C@H](C(=O)C=C4[C@@]5(C)Cc6cnoc6[C@@](C)(CO)C5CC[C@]43C)[C@@H]2C1. The lowest BCUT2D eigenvalue weighted by molar-refractivity contribution is -0.158. The first kappa shape index (κ1) is 23.9. The molecule has 0 radical (unpaired) electrons. The van der Waals surface area contributed by atoms with Gasteiger partial charge in [0.25, 0.3) is 0 Å². The molecule has 1 heterocycles. The fraction of sp³-hybridized carbons (Fsp3) is 0.800. The summed E-state index contributed by atoms with van der Waals surface area (Å²) in [6, 6.07) is 0. The molecular weight excluding hydrogens is 436 g/mol. The van der Waals surface area contributed by atoms with Gasteiger partial charge in [-0.3, -0.25) is 4.79 Å². The minimum absolute atomic E-state index is 0.00584. The third-order valence-electron chi connectivity index (χ3n) is 12.6. The number of rotatable bonds is 1. The van der Waals surface area contributed by atoms with Crippen molar-refractivity contribution in [3.8, 4) is 0 Å². The van der Waals surface area contributed by atoms with Crippen LogP contribution >= 0.6 is 0 Å². The average Bonchev–Trinajstić information content (AvgIpc) is 3.25. The second-order valence-corrected chi connectivity index (χ2v) is 14.8. The molecule has 0 saturated heterocycles. The standard InChI is InChI=1S/C30H44N2O3/c1-25(2)9-11-30(31)12-10-29(6)23(19(30)15-25)20(34)13-22-26(3)14-18-16-32-35-24(18)27(4,17-33)21(26)7-8-28(22,29)5/h13,16,19,21,23,33H,7-12,14-15,17,31H2,1-6H3/t19-,21?,23-,26-,27-,28+,29+,30-/m0/s1. The normalized spacial score (nSPS) is 50.2. The van der Waals surface area contributed by atoms with Gasteiger partial charge in [0.1, 0.15) is 5.76 Å². The van der Waals surface area contributed by atoms with Crippen LogP contribution in [0.5, 0.6) is 0 Å². The highest BCUT2D eigenvalue weighted by molar-refractivity contribution is 5.95. The Kier molecular flexibility index (Phi) is 4.71. The van der Waals surface area contributed by atoms with Gasteiger partial charge in [0.2, 0.25) is 0 Å². The van der Waals surface area contributed by atoms with Gasteiger partial charge in [-0.25, -0.2) is 0 Å². The molecule has 0 aromatic carbocycles. The highest BCUT2D eigenvalue weighted by Gasteiger charge is 2.69. The van der Waals surface area contributed by atoms with E-state index in [9.17, 15) is 9.90 Å². The molecule has 0 amide bonds. The van der Waals surface area contributed by atoms with Crippen molar-refractivity contribution in [1.82, 2.24) is 5.16 Å². The predicted octanol–water partition coefficient (Wildman–Crippen LogP) is 5.35. The highest BCUT2D eigenvalue weighted by atomic mass is 16.5. The Morgan fingerprint density at radius 3 is 2.51 bits per heavy atom. The summed E-state index contributed by atoms with van der Waals surface area (Å²) in [5.41, 5.74) is 8.69. The summed E-state index contributed by atoms with van der Waals surface area (Å²) in [5.74, 6) is 1.59. The molecule has 6 rings (SSSR count). The van der Waals surface area contributed by atoms with Gasteiger partial charge in [0.15, 0.2) is 5.78 Å². The maximum absolute atomic E-state index is 14.3. The number of fused-ring (bicyclic) bond motifs is 8. The lowest BCUT2D eigenvalue weighted by Gasteiger charge is -2.69. The summed E-state index contributed by atoms with van der Waals surface area (Å²) in [5, 5.41) is 14.8. The number of nitrogens with two attached hydrogens (primary N) is 1. The van der Waals surface area contributed by atoms with E-state index < -0.39 is 5.41 Å². The summed E-state index contributed by atoms with van der Waals surface area (Å²) in [6.45, 7) is 14.1. The topological polar surface area (TPSA) is 89.4 Å².